The van der Waals surface area contributed by atoms with Gasteiger partial charge in [-0.05, 0) is 24.1 Å². The van der Waals surface area contributed by atoms with E-state index in [2.05, 4.69) is 15.6 Å². The van der Waals surface area contributed by atoms with E-state index in [9.17, 15) is 14.2 Å². The highest BCUT2D eigenvalue weighted by Crippen LogP contribution is 2.28. The van der Waals surface area contributed by atoms with Crippen LogP contribution in [0.3, 0.4) is 0 Å². The molecule has 3 atom stereocenters. The highest BCUT2D eigenvalue weighted by atomic mass is 35.7. The molecule has 0 aliphatic carbocycles. The molecule has 1 amide bonds. The Morgan fingerprint density at radius 2 is 2.25 bits per heavy atom. The fourth-order valence-corrected chi connectivity index (χ4v) is 2.34. The molecule has 9 nitrogen and oxygen atoms in total. The molecule has 1 heterocycles. The van der Waals surface area contributed by atoms with E-state index in [0.717, 1.165) is 0 Å². The molecule has 0 saturated heterocycles. The van der Waals surface area contributed by atoms with Crippen LogP contribution in [0.4, 0.5) is 5.82 Å². The number of anilines is 1. The number of nitrogens with zero attached hydrogens (tertiary/aromatic N) is 2. The van der Waals surface area contributed by atoms with Gasteiger partial charge in [0, 0.05) is 19.7 Å². The van der Waals surface area contributed by atoms with Crippen molar-refractivity contribution in [3.8, 4) is 0 Å². The van der Waals surface area contributed by atoms with Crippen molar-refractivity contribution in [3.05, 3.63) is 22.7 Å². The van der Waals surface area contributed by atoms with Crippen LogP contribution in [0.2, 0.25) is 0 Å². The topological polar surface area (TPSA) is 112 Å². The maximum atomic E-state index is 12.2. The molecule has 1 aromatic heterocycles. The first kappa shape index (κ1) is 20.7. The van der Waals surface area contributed by atoms with Crippen molar-refractivity contribution < 1.29 is 18.6 Å². The van der Waals surface area contributed by atoms with E-state index in [1.165, 1.54) is 23.8 Å². The summed E-state index contributed by atoms with van der Waals surface area (Å²) >= 11 is 5.30. The van der Waals surface area contributed by atoms with E-state index in [1.54, 1.807) is 7.05 Å². The van der Waals surface area contributed by atoms with E-state index in [4.69, 9.17) is 20.5 Å². The number of likely N-dealkylation sites (N-methyl/N-ethyl adjacent to an activating group) is 1. The molecule has 134 valence electrons. The van der Waals surface area contributed by atoms with Crippen molar-refractivity contribution in [2.24, 2.45) is 0 Å². The van der Waals surface area contributed by atoms with Crippen molar-refractivity contribution in [2.75, 3.05) is 25.5 Å². The number of hydrogen-bond acceptors (Lipinski definition) is 7. The van der Waals surface area contributed by atoms with Gasteiger partial charge in [-0.2, -0.15) is 4.98 Å². The fraction of sp³-hybridized carbons (Fsp3) is 0.615. The number of ether oxygens (including phenoxy) is 1. The van der Waals surface area contributed by atoms with Gasteiger partial charge in [-0.3, -0.25) is 9.36 Å². The van der Waals surface area contributed by atoms with E-state index in [1.807, 2.05) is 6.92 Å². The largest absolute Gasteiger partial charge is 0.633 e. The Kier molecular flexibility index (Phi) is 9.02. The summed E-state index contributed by atoms with van der Waals surface area (Å²) in [7, 11) is -0.524. The van der Waals surface area contributed by atoms with Crippen molar-refractivity contribution in [1.29, 1.82) is 0 Å². The van der Waals surface area contributed by atoms with E-state index in [0.29, 0.717) is 13.0 Å². The van der Waals surface area contributed by atoms with Gasteiger partial charge < -0.3 is 15.4 Å². The summed E-state index contributed by atoms with van der Waals surface area (Å²) in [5, 5.41) is 5.37. The highest BCUT2D eigenvalue weighted by molar-refractivity contribution is 7.69. The number of rotatable bonds is 10. The molecule has 0 bridgehead atoms. The van der Waals surface area contributed by atoms with Gasteiger partial charge >= 0.3 is 13.1 Å². The molecule has 2 N–H and O–H groups in total. The molecule has 0 fully saturated rings. The molecule has 0 saturated carbocycles. The van der Waals surface area contributed by atoms with E-state index in [-0.39, 0.29) is 18.3 Å². The summed E-state index contributed by atoms with van der Waals surface area (Å²) in [4.78, 5) is 27.0. The molecular formula is C13H21ClN4O5P+. The van der Waals surface area contributed by atoms with Crippen molar-refractivity contribution in [2.45, 2.75) is 32.6 Å². The highest BCUT2D eigenvalue weighted by Gasteiger charge is 2.22. The third-order valence-corrected chi connectivity index (χ3v) is 3.63. The fourth-order valence-electron chi connectivity index (χ4n) is 1.89. The zero-order valence-electron chi connectivity index (χ0n) is 13.7. The monoisotopic (exact) mass is 379 g/mol. The van der Waals surface area contributed by atoms with Gasteiger partial charge in [-0.1, -0.05) is 6.92 Å². The summed E-state index contributed by atoms with van der Waals surface area (Å²) in [6, 6.07) is 1.50. The van der Waals surface area contributed by atoms with Crippen LogP contribution in [0, 0.1) is 0 Å². The molecule has 11 heteroatoms. The first-order valence-electron chi connectivity index (χ1n) is 7.30. The van der Waals surface area contributed by atoms with Gasteiger partial charge in [-0.25, -0.2) is 4.79 Å². The van der Waals surface area contributed by atoms with Gasteiger partial charge in [0.15, 0.2) is 6.23 Å². The number of nitrogens with one attached hydrogen (secondary N) is 2. The van der Waals surface area contributed by atoms with Crippen LogP contribution in [0.5, 0.6) is 0 Å². The second-order valence-electron chi connectivity index (χ2n) is 4.87. The predicted molar refractivity (Wildman–Crippen MR) is 90.3 cm³/mol. The average molecular weight is 380 g/mol. The Hall–Kier alpha value is -1.38. The molecule has 24 heavy (non-hydrogen) atoms. The summed E-state index contributed by atoms with van der Waals surface area (Å²) in [5.74, 6) is -0.150. The number of halogens is 1. The predicted octanol–water partition coefficient (Wildman–Crippen LogP) is 1.63. The van der Waals surface area contributed by atoms with Crippen LogP contribution in [-0.4, -0.2) is 41.8 Å². The van der Waals surface area contributed by atoms with Gasteiger partial charge in [0.2, 0.25) is 17.1 Å². The molecule has 1 rings (SSSR count). The smallest absolute Gasteiger partial charge is 0.351 e. The summed E-state index contributed by atoms with van der Waals surface area (Å²) < 4.78 is 22.9. The first-order chi connectivity index (χ1) is 11.4. The van der Waals surface area contributed by atoms with E-state index < -0.39 is 25.4 Å². The third kappa shape index (κ3) is 7.02. The maximum Gasteiger partial charge on any atom is 0.633 e. The average Bonchev–Trinajstić information content (AvgIpc) is 2.50. The summed E-state index contributed by atoms with van der Waals surface area (Å²) in [6.07, 6.45) is 1.01. The first-order valence-corrected chi connectivity index (χ1v) is 9.38. The Balaban J connectivity index is 2.92. The molecule has 0 aromatic carbocycles. The van der Waals surface area contributed by atoms with Crippen LogP contribution in [0.15, 0.2) is 17.1 Å². The number of carbonyl (C=O) groups is 1. The van der Waals surface area contributed by atoms with Crippen molar-refractivity contribution >= 4 is 30.3 Å². The van der Waals surface area contributed by atoms with Crippen LogP contribution < -0.4 is 16.3 Å². The quantitative estimate of drug-likeness (QED) is 0.594. The van der Waals surface area contributed by atoms with Crippen LogP contribution >= 0.6 is 18.6 Å². The number of aromatic nitrogens is 2. The lowest BCUT2D eigenvalue weighted by Gasteiger charge is -2.24. The molecule has 0 spiro atoms. The van der Waals surface area contributed by atoms with E-state index >= 15 is 0 Å². The van der Waals surface area contributed by atoms with Crippen molar-refractivity contribution in [1.82, 2.24) is 14.9 Å². The summed E-state index contributed by atoms with van der Waals surface area (Å²) in [6.45, 7) is 3.58. The number of carbonyl (C=O) groups excluding carboxylic acids is 1. The summed E-state index contributed by atoms with van der Waals surface area (Å²) in [5.41, 5.74) is -0.569. The molecule has 1 aromatic rings. The van der Waals surface area contributed by atoms with Crippen LogP contribution in [-0.2, 0) is 18.6 Å². The second kappa shape index (κ2) is 10.5. The zero-order valence-corrected chi connectivity index (χ0v) is 15.3. The molecular weight excluding hydrogens is 359 g/mol. The minimum absolute atomic E-state index is 0.0432. The minimum Gasteiger partial charge on any atom is -0.351 e. The third-order valence-electron chi connectivity index (χ3n) is 2.99. The maximum absolute atomic E-state index is 12.2. The second-order valence-corrected chi connectivity index (χ2v) is 6.38. The van der Waals surface area contributed by atoms with Gasteiger partial charge in [0.1, 0.15) is 12.4 Å². The lowest BCUT2D eigenvalue weighted by atomic mass is 10.3. The molecule has 1 unspecified atom stereocenters. The molecule has 0 radical (unpaired) electrons. The van der Waals surface area contributed by atoms with Gasteiger partial charge in [-0.15, -0.1) is 4.52 Å². The van der Waals surface area contributed by atoms with Gasteiger partial charge in [0.25, 0.3) is 0 Å². The zero-order chi connectivity index (χ0) is 18.1. The Morgan fingerprint density at radius 3 is 2.75 bits per heavy atom. The van der Waals surface area contributed by atoms with Crippen molar-refractivity contribution in [3.63, 3.8) is 0 Å². The van der Waals surface area contributed by atoms with Crippen LogP contribution in [0.1, 0.15) is 26.5 Å². The lowest BCUT2D eigenvalue weighted by molar-refractivity contribution is -0.114. The van der Waals surface area contributed by atoms with Gasteiger partial charge in [0.05, 0.1) is 6.10 Å². The normalized spacial score (nSPS) is 14.1. The Morgan fingerprint density at radius 1 is 1.54 bits per heavy atom. The standard InChI is InChI=1S/C13H20ClN4O5P/c1-4-10(8-22-24(14)21)23-12(7-15-3)18-6-5-11(16-9(2)19)17-13(18)20/h5-6,10,12,15H,4,7-8H2,1-3H3/p+1/t10-,12+/m0/s1. The Bertz CT molecular complexity index is 627. The molecule has 0 aliphatic rings. The minimum atomic E-state index is -2.24. The molecule has 0 aliphatic heterocycles. The lowest BCUT2D eigenvalue weighted by Crippen LogP contribution is -2.37. The Labute approximate surface area is 145 Å². The SMILES string of the molecule is CC[C@@H](CO[P+](=O)Cl)O[C@H](CNC)n1ccc(NC(C)=O)nc1=O. The van der Waals surface area contributed by atoms with Crippen LogP contribution in [0.25, 0.3) is 0 Å². The number of amides is 1. The number of hydrogen-bond donors (Lipinski definition) is 2.